The van der Waals surface area contributed by atoms with Crippen LogP contribution in [0.3, 0.4) is 0 Å². The Hall–Kier alpha value is -0.780. The smallest absolute Gasteiger partial charge is 0.0647 e. The molecule has 0 aliphatic heterocycles. The Labute approximate surface area is 88.7 Å². The van der Waals surface area contributed by atoms with Crippen LogP contribution in [0.25, 0.3) is 0 Å². The van der Waals surface area contributed by atoms with E-state index in [0.717, 1.165) is 17.7 Å². The molecule has 0 aromatic heterocycles. The van der Waals surface area contributed by atoms with Crippen LogP contribution in [0.4, 0.5) is 5.69 Å². The molecule has 0 radical (unpaired) electrons. The summed E-state index contributed by atoms with van der Waals surface area (Å²) in [4.78, 5) is 0. The standard InChI is InChI=1S/C10H10ClNS/c11-9-7-8(3-1-2-6-13)4-5-10(9)12/h4-5,7,13H,2,6,12H2. The number of halogens is 1. The summed E-state index contributed by atoms with van der Waals surface area (Å²) in [6, 6.07) is 5.38. The van der Waals surface area contributed by atoms with Gasteiger partial charge < -0.3 is 5.73 Å². The van der Waals surface area contributed by atoms with Gasteiger partial charge in [-0.25, -0.2) is 0 Å². The Kier molecular flexibility index (Phi) is 4.01. The summed E-state index contributed by atoms with van der Waals surface area (Å²) in [5.74, 6) is 6.72. The van der Waals surface area contributed by atoms with E-state index in [4.69, 9.17) is 17.3 Å². The molecule has 0 unspecified atom stereocenters. The van der Waals surface area contributed by atoms with Gasteiger partial charge in [0.2, 0.25) is 0 Å². The zero-order chi connectivity index (χ0) is 9.68. The van der Waals surface area contributed by atoms with E-state index in [2.05, 4.69) is 24.5 Å². The molecule has 0 spiro atoms. The molecule has 1 aromatic rings. The normalized spacial score (nSPS) is 9.08. The molecule has 0 fully saturated rings. The second kappa shape index (κ2) is 5.06. The summed E-state index contributed by atoms with van der Waals surface area (Å²) in [7, 11) is 0. The molecule has 0 heterocycles. The van der Waals surface area contributed by atoms with E-state index < -0.39 is 0 Å². The fourth-order valence-electron chi connectivity index (χ4n) is 0.825. The van der Waals surface area contributed by atoms with Gasteiger partial charge in [0.1, 0.15) is 0 Å². The van der Waals surface area contributed by atoms with Gasteiger partial charge in [0.15, 0.2) is 0 Å². The maximum absolute atomic E-state index is 5.82. The van der Waals surface area contributed by atoms with Gasteiger partial charge in [-0.3, -0.25) is 0 Å². The van der Waals surface area contributed by atoms with Gasteiger partial charge in [0, 0.05) is 17.7 Å². The quantitative estimate of drug-likeness (QED) is 0.417. The molecule has 0 atom stereocenters. The third kappa shape index (κ3) is 3.22. The molecule has 0 amide bonds. The van der Waals surface area contributed by atoms with Crippen molar-refractivity contribution in [2.75, 3.05) is 11.5 Å². The lowest BCUT2D eigenvalue weighted by atomic mass is 10.2. The van der Waals surface area contributed by atoms with Crippen molar-refractivity contribution in [1.29, 1.82) is 0 Å². The fourth-order valence-corrected chi connectivity index (χ4v) is 1.12. The average molecular weight is 212 g/mol. The van der Waals surface area contributed by atoms with Crippen molar-refractivity contribution < 1.29 is 0 Å². The van der Waals surface area contributed by atoms with Gasteiger partial charge >= 0.3 is 0 Å². The Morgan fingerprint density at radius 2 is 2.23 bits per heavy atom. The molecule has 0 aliphatic carbocycles. The van der Waals surface area contributed by atoms with Crippen molar-refractivity contribution in [3.63, 3.8) is 0 Å². The summed E-state index contributed by atoms with van der Waals surface area (Å²) in [5.41, 5.74) is 7.03. The largest absolute Gasteiger partial charge is 0.398 e. The molecule has 13 heavy (non-hydrogen) atoms. The van der Waals surface area contributed by atoms with Gasteiger partial charge in [-0.1, -0.05) is 23.4 Å². The number of thiol groups is 1. The first-order valence-electron chi connectivity index (χ1n) is 3.89. The Morgan fingerprint density at radius 1 is 1.46 bits per heavy atom. The van der Waals surface area contributed by atoms with Crippen molar-refractivity contribution >= 4 is 29.9 Å². The minimum Gasteiger partial charge on any atom is -0.398 e. The van der Waals surface area contributed by atoms with Gasteiger partial charge in [0.25, 0.3) is 0 Å². The highest BCUT2D eigenvalue weighted by Crippen LogP contribution is 2.18. The van der Waals surface area contributed by atoms with Crippen LogP contribution in [0.15, 0.2) is 18.2 Å². The van der Waals surface area contributed by atoms with E-state index in [1.807, 2.05) is 6.07 Å². The topological polar surface area (TPSA) is 26.0 Å². The number of nitrogens with two attached hydrogens (primary N) is 1. The number of anilines is 1. The lowest BCUT2D eigenvalue weighted by Crippen LogP contribution is -1.86. The molecule has 1 rings (SSSR count). The maximum atomic E-state index is 5.82. The predicted octanol–water partition coefficient (Wildman–Crippen LogP) is 2.59. The number of benzene rings is 1. The van der Waals surface area contributed by atoms with Crippen LogP contribution in [0.2, 0.25) is 5.02 Å². The van der Waals surface area contributed by atoms with E-state index in [0.29, 0.717) is 10.7 Å². The maximum Gasteiger partial charge on any atom is 0.0647 e. The van der Waals surface area contributed by atoms with E-state index in [1.165, 1.54) is 0 Å². The number of rotatable bonds is 1. The van der Waals surface area contributed by atoms with Crippen molar-refractivity contribution in [3.8, 4) is 11.8 Å². The van der Waals surface area contributed by atoms with Crippen LogP contribution >= 0.6 is 24.2 Å². The highest BCUT2D eigenvalue weighted by atomic mass is 35.5. The molecule has 3 heteroatoms. The number of hydrogen-bond donors (Lipinski definition) is 2. The number of nitrogen functional groups attached to an aromatic ring is 1. The minimum absolute atomic E-state index is 0.553. The predicted molar refractivity (Wildman–Crippen MR) is 61.2 cm³/mol. The molecule has 0 saturated carbocycles. The third-order valence-corrected chi connectivity index (χ3v) is 2.02. The van der Waals surface area contributed by atoms with E-state index in [1.54, 1.807) is 12.1 Å². The van der Waals surface area contributed by atoms with Crippen molar-refractivity contribution in [2.45, 2.75) is 6.42 Å². The first-order valence-corrected chi connectivity index (χ1v) is 4.90. The zero-order valence-corrected chi connectivity index (χ0v) is 8.70. The van der Waals surface area contributed by atoms with Crippen molar-refractivity contribution in [3.05, 3.63) is 28.8 Å². The van der Waals surface area contributed by atoms with Crippen molar-refractivity contribution in [1.82, 2.24) is 0 Å². The first kappa shape index (κ1) is 10.3. The van der Waals surface area contributed by atoms with Gasteiger partial charge in [-0.2, -0.15) is 12.6 Å². The molecule has 0 saturated heterocycles. The Morgan fingerprint density at radius 3 is 2.85 bits per heavy atom. The third-order valence-electron chi connectivity index (χ3n) is 1.47. The van der Waals surface area contributed by atoms with Crippen molar-refractivity contribution in [2.24, 2.45) is 0 Å². The minimum atomic E-state index is 0.553. The van der Waals surface area contributed by atoms with Crippen LogP contribution in [0.1, 0.15) is 12.0 Å². The lowest BCUT2D eigenvalue weighted by Gasteiger charge is -1.96. The van der Waals surface area contributed by atoms with Crippen LogP contribution in [-0.4, -0.2) is 5.75 Å². The SMILES string of the molecule is Nc1ccc(C#CCCS)cc1Cl. The van der Waals surface area contributed by atoms with Crippen LogP contribution in [-0.2, 0) is 0 Å². The summed E-state index contributed by atoms with van der Waals surface area (Å²) in [6.07, 6.45) is 0.783. The van der Waals surface area contributed by atoms with Crippen LogP contribution in [0.5, 0.6) is 0 Å². The summed E-state index contributed by atoms with van der Waals surface area (Å²) >= 11 is 9.87. The van der Waals surface area contributed by atoms with Crippen LogP contribution < -0.4 is 5.73 Å². The second-order valence-electron chi connectivity index (χ2n) is 2.51. The highest BCUT2D eigenvalue weighted by Gasteiger charge is 1.94. The van der Waals surface area contributed by atoms with E-state index in [9.17, 15) is 0 Å². The molecule has 0 aliphatic rings. The van der Waals surface area contributed by atoms with Gasteiger partial charge in [-0.05, 0) is 18.2 Å². The van der Waals surface area contributed by atoms with Crippen LogP contribution in [0, 0.1) is 11.8 Å². The Bertz CT molecular complexity index is 352. The van der Waals surface area contributed by atoms with E-state index >= 15 is 0 Å². The monoisotopic (exact) mass is 211 g/mol. The Balaban J connectivity index is 2.81. The highest BCUT2D eigenvalue weighted by molar-refractivity contribution is 7.80. The molecule has 2 N–H and O–H groups in total. The lowest BCUT2D eigenvalue weighted by molar-refractivity contribution is 1.31. The zero-order valence-electron chi connectivity index (χ0n) is 7.05. The molecule has 1 nitrogen and oxygen atoms in total. The van der Waals surface area contributed by atoms with Gasteiger partial charge in [-0.15, -0.1) is 0 Å². The summed E-state index contributed by atoms with van der Waals surface area (Å²) in [5, 5.41) is 0.553. The molecular weight excluding hydrogens is 202 g/mol. The first-order chi connectivity index (χ1) is 6.24. The average Bonchev–Trinajstić information content (AvgIpc) is 2.12. The number of hydrogen-bond acceptors (Lipinski definition) is 2. The summed E-state index contributed by atoms with van der Waals surface area (Å²) < 4.78 is 0. The molecular formula is C10H10ClNS. The van der Waals surface area contributed by atoms with Gasteiger partial charge in [0.05, 0.1) is 10.7 Å². The molecule has 68 valence electrons. The van der Waals surface area contributed by atoms with E-state index in [-0.39, 0.29) is 0 Å². The molecule has 1 aromatic carbocycles. The summed E-state index contributed by atoms with van der Waals surface area (Å²) in [6.45, 7) is 0. The second-order valence-corrected chi connectivity index (χ2v) is 3.37. The fraction of sp³-hybridized carbons (Fsp3) is 0.200. The molecule has 0 bridgehead atoms.